The lowest BCUT2D eigenvalue weighted by atomic mass is 10.2. The number of rotatable bonds is 4. The van der Waals surface area contributed by atoms with Crippen LogP contribution in [0, 0.1) is 12.7 Å². The maximum atomic E-state index is 13.0. The molecule has 98 valence electrons. The molecular weight excluding hydrogens is 249 g/mol. The lowest BCUT2D eigenvalue weighted by molar-refractivity contribution is 0.0691. The van der Waals surface area contributed by atoms with Gasteiger partial charge >= 0.3 is 5.97 Å². The topological polar surface area (TPSA) is 59.4 Å². The van der Waals surface area contributed by atoms with Crippen LogP contribution in [0.2, 0.25) is 0 Å². The third-order valence-electron chi connectivity index (χ3n) is 2.65. The van der Waals surface area contributed by atoms with Gasteiger partial charge in [0.2, 0.25) is 0 Å². The molecule has 1 heterocycles. The standard InChI is InChI=1S/C14H12FNO3/c1-9-3-2-6-16-12(9)8-19-13-5-4-10(15)7-11(13)14(17)18/h2-7H,8H2,1H3,(H,17,18). The van der Waals surface area contributed by atoms with E-state index in [-0.39, 0.29) is 17.9 Å². The SMILES string of the molecule is Cc1cccnc1COc1ccc(F)cc1C(=O)O. The first-order valence-corrected chi connectivity index (χ1v) is 5.64. The first-order chi connectivity index (χ1) is 9.08. The highest BCUT2D eigenvalue weighted by Gasteiger charge is 2.13. The third kappa shape index (κ3) is 3.07. The molecule has 0 saturated heterocycles. The zero-order valence-corrected chi connectivity index (χ0v) is 10.3. The summed E-state index contributed by atoms with van der Waals surface area (Å²) in [6, 6.07) is 7.08. The second-order valence-corrected chi connectivity index (χ2v) is 4.00. The van der Waals surface area contributed by atoms with Crippen LogP contribution in [0.15, 0.2) is 36.5 Å². The van der Waals surface area contributed by atoms with Crippen LogP contribution < -0.4 is 4.74 Å². The van der Waals surface area contributed by atoms with Gasteiger partial charge in [-0.1, -0.05) is 6.07 Å². The minimum atomic E-state index is -1.23. The Morgan fingerprint density at radius 3 is 2.89 bits per heavy atom. The molecule has 0 saturated carbocycles. The fraction of sp³-hybridized carbons (Fsp3) is 0.143. The Morgan fingerprint density at radius 2 is 2.21 bits per heavy atom. The number of carbonyl (C=O) groups is 1. The first-order valence-electron chi connectivity index (χ1n) is 5.64. The van der Waals surface area contributed by atoms with E-state index < -0.39 is 11.8 Å². The van der Waals surface area contributed by atoms with Gasteiger partial charge in [0.1, 0.15) is 23.7 Å². The number of carboxylic acid groups (broad SMARTS) is 1. The smallest absolute Gasteiger partial charge is 0.339 e. The molecule has 1 aromatic heterocycles. The van der Waals surface area contributed by atoms with Crippen molar-refractivity contribution in [3.8, 4) is 5.75 Å². The number of nitrogens with zero attached hydrogens (tertiary/aromatic N) is 1. The molecule has 19 heavy (non-hydrogen) atoms. The third-order valence-corrected chi connectivity index (χ3v) is 2.65. The van der Waals surface area contributed by atoms with Gasteiger partial charge in [-0.2, -0.15) is 0 Å². The number of halogens is 1. The fourth-order valence-corrected chi connectivity index (χ4v) is 1.61. The second kappa shape index (κ2) is 5.48. The molecule has 0 unspecified atom stereocenters. The average Bonchev–Trinajstić information content (AvgIpc) is 2.38. The highest BCUT2D eigenvalue weighted by atomic mass is 19.1. The van der Waals surface area contributed by atoms with Crippen LogP contribution >= 0.6 is 0 Å². The first kappa shape index (κ1) is 13.0. The van der Waals surface area contributed by atoms with Gasteiger partial charge in [0.25, 0.3) is 0 Å². The Kier molecular flexibility index (Phi) is 3.75. The van der Waals surface area contributed by atoms with E-state index in [1.807, 2.05) is 13.0 Å². The molecular formula is C14H12FNO3. The van der Waals surface area contributed by atoms with Crippen molar-refractivity contribution in [2.75, 3.05) is 0 Å². The van der Waals surface area contributed by atoms with Crippen molar-refractivity contribution in [3.63, 3.8) is 0 Å². The van der Waals surface area contributed by atoms with Crippen molar-refractivity contribution in [2.24, 2.45) is 0 Å². The molecule has 0 radical (unpaired) electrons. The second-order valence-electron chi connectivity index (χ2n) is 4.00. The molecule has 0 aliphatic heterocycles. The van der Waals surface area contributed by atoms with Crippen molar-refractivity contribution < 1.29 is 19.0 Å². The molecule has 0 atom stereocenters. The number of aromatic nitrogens is 1. The Balaban J connectivity index is 2.20. The Hall–Kier alpha value is -2.43. The molecule has 2 aromatic rings. The van der Waals surface area contributed by atoms with E-state index in [1.54, 1.807) is 12.3 Å². The number of hydrogen-bond acceptors (Lipinski definition) is 3. The van der Waals surface area contributed by atoms with Gasteiger partial charge in [-0.05, 0) is 36.8 Å². The van der Waals surface area contributed by atoms with Gasteiger partial charge in [-0.3, -0.25) is 4.98 Å². The molecule has 2 rings (SSSR count). The van der Waals surface area contributed by atoms with Crippen LogP contribution in [0.1, 0.15) is 21.6 Å². The number of hydrogen-bond donors (Lipinski definition) is 1. The van der Waals surface area contributed by atoms with Gasteiger partial charge in [0, 0.05) is 6.20 Å². The normalized spacial score (nSPS) is 10.2. The minimum absolute atomic E-state index is 0.124. The summed E-state index contributed by atoms with van der Waals surface area (Å²) < 4.78 is 18.4. The summed E-state index contributed by atoms with van der Waals surface area (Å²) in [5.41, 5.74) is 1.46. The van der Waals surface area contributed by atoms with Crippen molar-refractivity contribution >= 4 is 5.97 Å². The van der Waals surface area contributed by atoms with Gasteiger partial charge < -0.3 is 9.84 Å². The molecule has 0 bridgehead atoms. The molecule has 1 N–H and O–H groups in total. The van der Waals surface area contributed by atoms with E-state index in [9.17, 15) is 9.18 Å². The zero-order valence-electron chi connectivity index (χ0n) is 10.3. The van der Waals surface area contributed by atoms with E-state index in [0.717, 1.165) is 17.7 Å². The zero-order chi connectivity index (χ0) is 13.8. The summed E-state index contributed by atoms with van der Waals surface area (Å²) in [4.78, 5) is 15.1. The van der Waals surface area contributed by atoms with Gasteiger partial charge in [-0.25, -0.2) is 9.18 Å². The predicted octanol–water partition coefficient (Wildman–Crippen LogP) is 2.81. The summed E-state index contributed by atoms with van der Waals surface area (Å²) in [5, 5.41) is 8.98. The van der Waals surface area contributed by atoms with Crippen LogP contribution in [0.25, 0.3) is 0 Å². The van der Waals surface area contributed by atoms with Crippen LogP contribution in [-0.4, -0.2) is 16.1 Å². The molecule has 0 aliphatic rings. The number of carboxylic acids is 1. The number of aryl methyl sites for hydroxylation is 1. The molecule has 0 amide bonds. The number of benzene rings is 1. The van der Waals surface area contributed by atoms with Crippen LogP contribution in [0.5, 0.6) is 5.75 Å². The van der Waals surface area contributed by atoms with Crippen LogP contribution in [0.3, 0.4) is 0 Å². The number of pyridine rings is 1. The Bertz CT molecular complexity index is 613. The molecule has 0 aliphatic carbocycles. The highest BCUT2D eigenvalue weighted by molar-refractivity contribution is 5.90. The van der Waals surface area contributed by atoms with E-state index in [1.165, 1.54) is 6.07 Å². The highest BCUT2D eigenvalue weighted by Crippen LogP contribution is 2.21. The fourth-order valence-electron chi connectivity index (χ4n) is 1.61. The van der Waals surface area contributed by atoms with Crippen LogP contribution in [-0.2, 0) is 6.61 Å². The molecule has 0 spiro atoms. The van der Waals surface area contributed by atoms with Gasteiger partial charge in [-0.15, -0.1) is 0 Å². The number of ether oxygens (including phenoxy) is 1. The summed E-state index contributed by atoms with van der Waals surface area (Å²) in [6.07, 6.45) is 1.63. The summed E-state index contributed by atoms with van der Waals surface area (Å²) in [6.45, 7) is 2.02. The molecule has 4 nitrogen and oxygen atoms in total. The van der Waals surface area contributed by atoms with E-state index in [4.69, 9.17) is 9.84 Å². The molecule has 1 aromatic carbocycles. The minimum Gasteiger partial charge on any atom is -0.486 e. The molecule has 5 heteroatoms. The largest absolute Gasteiger partial charge is 0.486 e. The quantitative estimate of drug-likeness (QED) is 0.919. The van der Waals surface area contributed by atoms with Crippen molar-refractivity contribution in [1.82, 2.24) is 4.98 Å². The summed E-state index contributed by atoms with van der Waals surface area (Å²) in [7, 11) is 0. The van der Waals surface area contributed by atoms with Gasteiger partial charge in [0.05, 0.1) is 5.69 Å². The summed E-state index contributed by atoms with van der Waals surface area (Å²) >= 11 is 0. The van der Waals surface area contributed by atoms with E-state index in [0.29, 0.717) is 5.69 Å². The monoisotopic (exact) mass is 261 g/mol. The number of aromatic carboxylic acids is 1. The summed E-state index contributed by atoms with van der Waals surface area (Å²) in [5.74, 6) is -1.72. The average molecular weight is 261 g/mol. The predicted molar refractivity (Wildman–Crippen MR) is 66.7 cm³/mol. The van der Waals surface area contributed by atoms with Crippen molar-refractivity contribution in [3.05, 3.63) is 59.2 Å². The Labute approximate surface area is 109 Å². The Morgan fingerprint density at radius 1 is 1.42 bits per heavy atom. The lowest BCUT2D eigenvalue weighted by Crippen LogP contribution is -2.05. The van der Waals surface area contributed by atoms with Crippen molar-refractivity contribution in [1.29, 1.82) is 0 Å². The maximum Gasteiger partial charge on any atom is 0.339 e. The van der Waals surface area contributed by atoms with Gasteiger partial charge in [0.15, 0.2) is 0 Å². The lowest BCUT2D eigenvalue weighted by Gasteiger charge is -2.10. The van der Waals surface area contributed by atoms with E-state index >= 15 is 0 Å². The maximum absolute atomic E-state index is 13.0. The van der Waals surface area contributed by atoms with E-state index in [2.05, 4.69) is 4.98 Å². The molecule has 0 fully saturated rings. The van der Waals surface area contributed by atoms with Crippen LogP contribution in [0.4, 0.5) is 4.39 Å². The van der Waals surface area contributed by atoms with Crippen molar-refractivity contribution in [2.45, 2.75) is 13.5 Å².